The second-order valence-electron chi connectivity index (χ2n) is 7.12. The van der Waals surface area contributed by atoms with Crippen LogP contribution in [0.4, 0.5) is 0 Å². The van der Waals surface area contributed by atoms with Crippen molar-refractivity contribution in [3.8, 4) is 5.69 Å². The molecule has 2 aliphatic heterocycles. The van der Waals surface area contributed by atoms with Crippen molar-refractivity contribution in [2.24, 2.45) is 0 Å². The molecule has 6 nitrogen and oxygen atoms in total. The van der Waals surface area contributed by atoms with Crippen molar-refractivity contribution in [1.29, 1.82) is 0 Å². The Morgan fingerprint density at radius 3 is 2.73 bits per heavy atom. The van der Waals surface area contributed by atoms with E-state index in [1.807, 2.05) is 59.4 Å². The summed E-state index contributed by atoms with van der Waals surface area (Å²) in [6.07, 6.45) is 2.69. The number of amides is 1. The van der Waals surface area contributed by atoms with Crippen LogP contribution in [0.5, 0.6) is 0 Å². The molecular weight excluding hydrogens is 328 g/mol. The predicted octanol–water partition coefficient (Wildman–Crippen LogP) is 1.89. The molecule has 6 heteroatoms. The van der Waals surface area contributed by atoms with E-state index in [4.69, 9.17) is 4.74 Å². The average Bonchev–Trinajstić information content (AvgIpc) is 3.26. The quantitative estimate of drug-likeness (QED) is 0.758. The molecule has 2 fully saturated rings. The van der Waals surface area contributed by atoms with Crippen LogP contribution >= 0.6 is 0 Å². The lowest BCUT2D eigenvalue weighted by Crippen LogP contribution is -2.59. The molecule has 1 aromatic heterocycles. The predicted molar refractivity (Wildman–Crippen MR) is 98.5 cm³/mol. The highest BCUT2D eigenvalue weighted by Crippen LogP contribution is 2.29. The number of imidazole rings is 1. The molecule has 5 rings (SSSR count). The number of rotatable bonds is 3. The van der Waals surface area contributed by atoms with E-state index < -0.39 is 0 Å². The second kappa shape index (κ2) is 5.93. The number of fused-ring (bicyclic) bond motifs is 1. The summed E-state index contributed by atoms with van der Waals surface area (Å²) in [7, 11) is 0. The lowest BCUT2D eigenvalue weighted by Gasteiger charge is -2.38. The van der Waals surface area contributed by atoms with Gasteiger partial charge in [-0.15, -0.1) is 0 Å². The van der Waals surface area contributed by atoms with Gasteiger partial charge in [0.1, 0.15) is 6.33 Å². The van der Waals surface area contributed by atoms with Crippen LogP contribution < -0.4 is 10.6 Å². The summed E-state index contributed by atoms with van der Waals surface area (Å²) >= 11 is 0. The van der Waals surface area contributed by atoms with Gasteiger partial charge in [-0.1, -0.05) is 12.1 Å². The molecular formula is C20H20N4O2. The Kier molecular flexibility index (Phi) is 3.55. The molecule has 26 heavy (non-hydrogen) atoms. The van der Waals surface area contributed by atoms with Crippen LogP contribution in [0.15, 0.2) is 54.9 Å². The van der Waals surface area contributed by atoms with Crippen molar-refractivity contribution in [2.75, 3.05) is 19.7 Å². The number of carbonyl (C=O) groups is 1. The van der Waals surface area contributed by atoms with Gasteiger partial charge in [-0.2, -0.15) is 0 Å². The van der Waals surface area contributed by atoms with E-state index in [0.29, 0.717) is 12.2 Å². The van der Waals surface area contributed by atoms with Gasteiger partial charge in [0, 0.05) is 30.8 Å². The summed E-state index contributed by atoms with van der Waals surface area (Å²) in [6, 6.07) is 15.7. The first-order valence-corrected chi connectivity index (χ1v) is 8.91. The lowest BCUT2D eigenvalue weighted by molar-refractivity contribution is -0.0360. The average molecular weight is 348 g/mol. The monoisotopic (exact) mass is 348 g/mol. The smallest absolute Gasteiger partial charge is 0.251 e. The van der Waals surface area contributed by atoms with Gasteiger partial charge < -0.3 is 15.4 Å². The van der Waals surface area contributed by atoms with Crippen LogP contribution in [0.3, 0.4) is 0 Å². The van der Waals surface area contributed by atoms with E-state index in [-0.39, 0.29) is 17.6 Å². The van der Waals surface area contributed by atoms with Crippen molar-refractivity contribution >= 4 is 16.9 Å². The summed E-state index contributed by atoms with van der Waals surface area (Å²) in [4.78, 5) is 16.9. The highest BCUT2D eigenvalue weighted by molar-refractivity contribution is 5.94. The maximum absolute atomic E-state index is 12.5. The van der Waals surface area contributed by atoms with Crippen molar-refractivity contribution in [1.82, 2.24) is 20.2 Å². The zero-order valence-electron chi connectivity index (χ0n) is 14.3. The molecule has 0 saturated carbocycles. The standard InChI is InChI=1S/C20H20N4O2/c25-19(23-15-9-20(26-10-15)11-21-12-20)14-5-7-16(8-6-14)24-13-22-17-3-1-2-4-18(17)24/h1-8,13,15,21H,9-12H2,(H,23,25). The number of benzene rings is 2. The van der Waals surface area contributed by atoms with Crippen molar-refractivity contribution in [2.45, 2.75) is 18.1 Å². The van der Waals surface area contributed by atoms with Gasteiger partial charge in [0.15, 0.2) is 0 Å². The van der Waals surface area contributed by atoms with Crippen molar-refractivity contribution < 1.29 is 9.53 Å². The largest absolute Gasteiger partial charge is 0.370 e. The fourth-order valence-corrected chi connectivity index (χ4v) is 3.79. The number of hydrogen-bond acceptors (Lipinski definition) is 4. The van der Waals surface area contributed by atoms with Gasteiger partial charge >= 0.3 is 0 Å². The van der Waals surface area contributed by atoms with Crippen LogP contribution in [-0.4, -0.2) is 46.8 Å². The number of para-hydroxylation sites is 2. The first-order chi connectivity index (χ1) is 12.7. The summed E-state index contributed by atoms with van der Waals surface area (Å²) in [5.41, 5.74) is 3.59. The molecule has 2 N–H and O–H groups in total. The van der Waals surface area contributed by atoms with E-state index in [9.17, 15) is 4.79 Å². The molecule has 2 saturated heterocycles. The van der Waals surface area contributed by atoms with Crippen LogP contribution in [0.2, 0.25) is 0 Å². The summed E-state index contributed by atoms with van der Waals surface area (Å²) < 4.78 is 7.87. The van der Waals surface area contributed by atoms with Gasteiger partial charge in [0.05, 0.1) is 29.3 Å². The molecule has 1 atom stereocenters. The van der Waals surface area contributed by atoms with Crippen LogP contribution in [-0.2, 0) is 4.74 Å². The van der Waals surface area contributed by atoms with Crippen LogP contribution in [0.25, 0.3) is 16.7 Å². The van der Waals surface area contributed by atoms with Gasteiger partial charge in [0.25, 0.3) is 5.91 Å². The summed E-state index contributed by atoms with van der Waals surface area (Å²) in [6.45, 7) is 2.35. The molecule has 3 aromatic rings. The minimum Gasteiger partial charge on any atom is -0.370 e. The molecule has 2 aliphatic rings. The maximum atomic E-state index is 12.5. The number of hydrogen-bond donors (Lipinski definition) is 2. The van der Waals surface area contributed by atoms with Crippen molar-refractivity contribution in [3.63, 3.8) is 0 Å². The Labute approximate surface area is 151 Å². The topological polar surface area (TPSA) is 68.2 Å². The molecule has 0 radical (unpaired) electrons. The Hall–Kier alpha value is -2.70. The number of ether oxygens (including phenoxy) is 1. The maximum Gasteiger partial charge on any atom is 0.251 e. The van der Waals surface area contributed by atoms with Gasteiger partial charge in [-0.05, 0) is 36.4 Å². The molecule has 1 amide bonds. The third-order valence-electron chi connectivity index (χ3n) is 5.30. The van der Waals surface area contributed by atoms with E-state index in [2.05, 4.69) is 15.6 Å². The highest BCUT2D eigenvalue weighted by atomic mass is 16.5. The zero-order chi connectivity index (χ0) is 17.6. The molecule has 2 aromatic carbocycles. The minimum atomic E-state index is -0.0513. The Morgan fingerprint density at radius 2 is 2.00 bits per heavy atom. The zero-order valence-corrected chi connectivity index (χ0v) is 14.3. The Balaban J connectivity index is 1.31. The normalized spacial score (nSPS) is 21.0. The van der Waals surface area contributed by atoms with E-state index in [0.717, 1.165) is 36.2 Å². The minimum absolute atomic E-state index is 0.0510. The lowest BCUT2D eigenvalue weighted by atomic mass is 9.92. The van der Waals surface area contributed by atoms with Gasteiger partial charge in [0.2, 0.25) is 0 Å². The fourth-order valence-electron chi connectivity index (χ4n) is 3.79. The summed E-state index contributed by atoms with van der Waals surface area (Å²) in [5, 5.41) is 6.33. The third kappa shape index (κ3) is 2.58. The number of carbonyl (C=O) groups excluding carboxylic acids is 1. The van der Waals surface area contributed by atoms with Crippen LogP contribution in [0.1, 0.15) is 16.8 Å². The van der Waals surface area contributed by atoms with E-state index in [1.54, 1.807) is 0 Å². The second-order valence-corrected chi connectivity index (χ2v) is 7.12. The third-order valence-corrected chi connectivity index (χ3v) is 5.30. The van der Waals surface area contributed by atoms with Gasteiger partial charge in [-0.3, -0.25) is 9.36 Å². The Bertz CT molecular complexity index is 959. The molecule has 3 heterocycles. The van der Waals surface area contributed by atoms with E-state index >= 15 is 0 Å². The molecule has 132 valence electrons. The first kappa shape index (κ1) is 15.5. The molecule has 0 aliphatic carbocycles. The molecule has 1 unspecified atom stereocenters. The molecule has 0 bridgehead atoms. The summed E-state index contributed by atoms with van der Waals surface area (Å²) in [5.74, 6) is -0.0510. The number of aromatic nitrogens is 2. The first-order valence-electron chi connectivity index (χ1n) is 8.91. The number of nitrogens with one attached hydrogen (secondary N) is 2. The van der Waals surface area contributed by atoms with Crippen molar-refractivity contribution in [3.05, 3.63) is 60.4 Å². The molecule has 1 spiro atoms. The van der Waals surface area contributed by atoms with Gasteiger partial charge in [-0.25, -0.2) is 4.98 Å². The van der Waals surface area contributed by atoms with Crippen LogP contribution in [0, 0.1) is 0 Å². The highest BCUT2D eigenvalue weighted by Gasteiger charge is 2.45. The fraction of sp³-hybridized carbons (Fsp3) is 0.300. The number of nitrogens with zero attached hydrogens (tertiary/aromatic N) is 2. The van der Waals surface area contributed by atoms with E-state index in [1.165, 1.54) is 0 Å². The SMILES string of the molecule is O=C(NC1COC2(CNC2)C1)c1ccc(-n2cnc3ccccc32)cc1. The Morgan fingerprint density at radius 1 is 1.19 bits per heavy atom.